The average molecular weight is 378 g/mol. The van der Waals surface area contributed by atoms with Crippen molar-refractivity contribution in [3.63, 3.8) is 0 Å². The fraction of sp³-hybridized carbons (Fsp3) is 0.227. The molecule has 3 aromatic rings. The number of aryl methyl sites for hydroxylation is 1. The second-order valence-corrected chi connectivity index (χ2v) is 7.55. The van der Waals surface area contributed by atoms with Crippen molar-refractivity contribution < 1.29 is 9.53 Å². The molecular formula is C22H22N2O2S. The maximum absolute atomic E-state index is 12.8. The van der Waals surface area contributed by atoms with Crippen LogP contribution < -0.4 is 10.2 Å². The quantitative estimate of drug-likeness (QED) is 0.708. The number of thiophene rings is 1. The highest BCUT2D eigenvalue weighted by atomic mass is 32.1. The first kappa shape index (κ1) is 17.8. The summed E-state index contributed by atoms with van der Waals surface area (Å²) in [7, 11) is 0. The molecule has 2 aromatic carbocycles. The van der Waals surface area contributed by atoms with Gasteiger partial charge in [-0.2, -0.15) is 0 Å². The van der Waals surface area contributed by atoms with E-state index in [1.807, 2.05) is 23.6 Å². The molecule has 0 aliphatic carbocycles. The summed E-state index contributed by atoms with van der Waals surface area (Å²) in [6.07, 6.45) is 0. The molecule has 0 bridgehead atoms. The van der Waals surface area contributed by atoms with Crippen LogP contribution in [0, 0.1) is 6.92 Å². The molecule has 0 spiro atoms. The summed E-state index contributed by atoms with van der Waals surface area (Å²) >= 11 is 1.47. The summed E-state index contributed by atoms with van der Waals surface area (Å²) in [6.45, 7) is 5.39. The van der Waals surface area contributed by atoms with Gasteiger partial charge in [-0.25, -0.2) is 0 Å². The van der Waals surface area contributed by atoms with Gasteiger partial charge < -0.3 is 15.0 Å². The molecular weight excluding hydrogens is 356 g/mol. The number of ether oxygens (including phenoxy) is 1. The number of carbonyl (C=O) groups excluding carboxylic acids is 1. The highest BCUT2D eigenvalue weighted by Crippen LogP contribution is 2.29. The van der Waals surface area contributed by atoms with Gasteiger partial charge in [-0.15, -0.1) is 11.3 Å². The summed E-state index contributed by atoms with van der Waals surface area (Å²) in [6, 6.07) is 18.3. The molecule has 2 heterocycles. The van der Waals surface area contributed by atoms with Crippen LogP contribution in [-0.4, -0.2) is 32.2 Å². The molecule has 5 heteroatoms. The summed E-state index contributed by atoms with van der Waals surface area (Å²) < 4.78 is 5.40. The van der Waals surface area contributed by atoms with Crippen molar-refractivity contribution in [2.45, 2.75) is 6.92 Å². The average Bonchev–Trinajstić information content (AvgIpc) is 3.20. The lowest BCUT2D eigenvalue weighted by Crippen LogP contribution is -2.36. The number of hydrogen-bond acceptors (Lipinski definition) is 4. The number of carbonyl (C=O) groups is 1. The molecule has 0 radical (unpaired) electrons. The number of amides is 1. The zero-order valence-corrected chi connectivity index (χ0v) is 16.1. The first-order valence-corrected chi connectivity index (χ1v) is 9.97. The van der Waals surface area contributed by atoms with E-state index in [4.69, 9.17) is 4.74 Å². The van der Waals surface area contributed by atoms with Crippen molar-refractivity contribution in [2.75, 3.05) is 36.5 Å². The molecule has 1 aliphatic rings. The van der Waals surface area contributed by atoms with Crippen LogP contribution in [0.25, 0.3) is 11.1 Å². The standard InChI is InChI=1S/C22H22N2O2S/c1-16-2-4-17(5-3-16)20-10-15-27-21(20)22(25)23-18-6-8-19(9-7-18)24-11-13-26-14-12-24/h2-10,15H,11-14H2,1H3,(H,23,25). The van der Waals surface area contributed by atoms with Crippen molar-refractivity contribution in [1.82, 2.24) is 0 Å². The molecule has 1 fully saturated rings. The van der Waals surface area contributed by atoms with Crippen LogP contribution in [0.5, 0.6) is 0 Å². The van der Waals surface area contributed by atoms with E-state index in [-0.39, 0.29) is 5.91 Å². The lowest BCUT2D eigenvalue weighted by molar-refractivity contribution is 0.103. The van der Waals surface area contributed by atoms with Gasteiger partial charge in [0, 0.05) is 30.0 Å². The van der Waals surface area contributed by atoms with Crippen LogP contribution in [0.3, 0.4) is 0 Å². The Labute approximate surface area is 163 Å². The summed E-state index contributed by atoms with van der Waals surface area (Å²) in [5.74, 6) is -0.0697. The predicted octanol–water partition coefficient (Wildman–Crippen LogP) is 4.81. The molecule has 1 saturated heterocycles. The molecule has 138 valence electrons. The van der Waals surface area contributed by atoms with Gasteiger partial charge in [-0.05, 0) is 48.2 Å². The SMILES string of the molecule is Cc1ccc(-c2ccsc2C(=O)Nc2ccc(N3CCOCC3)cc2)cc1. The monoisotopic (exact) mass is 378 g/mol. The van der Waals surface area contributed by atoms with Gasteiger partial charge in [0.2, 0.25) is 0 Å². The third-order valence-electron chi connectivity index (χ3n) is 4.74. The van der Waals surface area contributed by atoms with Gasteiger partial charge in [-0.1, -0.05) is 29.8 Å². The second-order valence-electron chi connectivity index (χ2n) is 6.63. The van der Waals surface area contributed by atoms with Gasteiger partial charge >= 0.3 is 0 Å². The Morgan fingerprint density at radius 2 is 1.70 bits per heavy atom. The summed E-state index contributed by atoms with van der Waals surface area (Å²) in [4.78, 5) is 15.8. The summed E-state index contributed by atoms with van der Waals surface area (Å²) in [5, 5.41) is 4.99. The highest BCUT2D eigenvalue weighted by Gasteiger charge is 2.15. The lowest BCUT2D eigenvalue weighted by atomic mass is 10.0. The Hall–Kier alpha value is -2.63. The third-order valence-corrected chi connectivity index (χ3v) is 5.65. The number of nitrogens with one attached hydrogen (secondary N) is 1. The van der Waals surface area contributed by atoms with E-state index in [2.05, 4.69) is 53.5 Å². The largest absolute Gasteiger partial charge is 0.378 e. The second kappa shape index (κ2) is 7.94. The number of nitrogens with zero attached hydrogens (tertiary/aromatic N) is 1. The zero-order valence-electron chi connectivity index (χ0n) is 15.3. The van der Waals surface area contributed by atoms with Crippen molar-refractivity contribution in [2.24, 2.45) is 0 Å². The highest BCUT2D eigenvalue weighted by molar-refractivity contribution is 7.12. The van der Waals surface area contributed by atoms with Crippen LogP contribution in [0.1, 0.15) is 15.2 Å². The van der Waals surface area contributed by atoms with Crippen molar-refractivity contribution in [3.8, 4) is 11.1 Å². The van der Waals surface area contributed by atoms with E-state index >= 15 is 0 Å². The minimum absolute atomic E-state index is 0.0697. The van der Waals surface area contributed by atoms with Gasteiger partial charge in [0.05, 0.1) is 18.1 Å². The van der Waals surface area contributed by atoms with Crippen LogP contribution in [0.4, 0.5) is 11.4 Å². The lowest BCUT2D eigenvalue weighted by Gasteiger charge is -2.28. The van der Waals surface area contributed by atoms with Gasteiger partial charge in [-0.3, -0.25) is 4.79 Å². The first-order chi connectivity index (χ1) is 13.2. The van der Waals surface area contributed by atoms with Gasteiger partial charge in [0.1, 0.15) is 0 Å². The van der Waals surface area contributed by atoms with Crippen LogP contribution in [-0.2, 0) is 4.74 Å². The summed E-state index contributed by atoms with van der Waals surface area (Å²) in [5.41, 5.74) is 5.21. The fourth-order valence-corrected chi connectivity index (χ4v) is 4.02. The molecule has 4 nitrogen and oxygen atoms in total. The number of benzene rings is 2. The normalized spacial score (nSPS) is 14.2. The van der Waals surface area contributed by atoms with E-state index in [1.165, 1.54) is 16.9 Å². The van der Waals surface area contributed by atoms with Crippen molar-refractivity contribution in [3.05, 3.63) is 70.4 Å². The zero-order chi connectivity index (χ0) is 18.6. The van der Waals surface area contributed by atoms with Crippen molar-refractivity contribution >= 4 is 28.6 Å². The number of hydrogen-bond donors (Lipinski definition) is 1. The molecule has 0 atom stereocenters. The van der Waals surface area contributed by atoms with Crippen LogP contribution in [0.15, 0.2) is 60.0 Å². The van der Waals surface area contributed by atoms with E-state index < -0.39 is 0 Å². The van der Waals surface area contributed by atoms with Crippen LogP contribution in [0.2, 0.25) is 0 Å². The minimum Gasteiger partial charge on any atom is -0.378 e. The van der Waals surface area contributed by atoms with E-state index in [1.54, 1.807) is 0 Å². The van der Waals surface area contributed by atoms with Crippen LogP contribution >= 0.6 is 11.3 Å². The minimum atomic E-state index is -0.0697. The Morgan fingerprint density at radius 3 is 2.41 bits per heavy atom. The first-order valence-electron chi connectivity index (χ1n) is 9.09. The maximum atomic E-state index is 12.8. The Kier molecular flexibility index (Phi) is 5.23. The Balaban J connectivity index is 1.48. The molecule has 1 amide bonds. The van der Waals surface area contributed by atoms with E-state index in [9.17, 15) is 4.79 Å². The van der Waals surface area contributed by atoms with Crippen molar-refractivity contribution in [1.29, 1.82) is 0 Å². The smallest absolute Gasteiger partial charge is 0.266 e. The van der Waals surface area contributed by atoms with E-state index in [0.717, 1.165) is 53.7 Å². The fourth-order valence-electron chi connectivity index (χ4n) is 3.21. The predicted molar refractivity (Wildman–Crippen MR) is 112 cm³/mol. The molecule has 0 unspecified atom stereocenters. The van der Waals surface area contributed by atoms with Gasteiger partial charge in [0.15, 0.2) is 0 Å². The molecule has 1 N–H and O–H groups in total. The number of rotatable bonds is 4. The Morgan fingerprint density at radius 1 is 1.00 bits per heavy atom. The molecule has 1 aromatic heterocycles. The number of morpholine rings is 1. The third kappa shape index (κ3) is 4.04. The molecule has 27 heavy (non-hydrogen) atoms. The van der Waals surface area contributed by atoms with Gasteiger partial charge in [0.25, 0.3) is 5.91 Å². The van der Waals surface area contributed by atoms with E-state index in [0.29, 0.717) is 0 Å². The number of anilines is 2. The molecule has 0 saturated carbocycles. The molecule has 1 aliphatic heterocycles. The molecule has 4 rings (SSSR count). The topological polar surface area (TPSA) is 41.6 Å². The Bertz CT molecular complexity index is 910. The maximum Gasteiger partial charge on any atom is 0.266 e.